The van der Waals surface area contributed by atoms with Crippen LogP contribution in [0.4, 0.5) is 20.7 Å². The molecular weight excluding hydrogens is 449 g/mol. The average molecular weight is 478 g/mol. The van der Waals surface area contributed by atoms with Crippen LogP contribution in [0.2, 0.25) is 0 Å². The number of benzene rings is 2. The molecule has 1 aromatic heterocycles. The van der Waals surface area contributed by atoms with Gasteiger partial charge in [0.2, 0.25) is 0 Å². The normalized spacial score (nSPS) is 13.3. The molecule has 8 nitrogen and oxygen atoms in total. The fourth-order valence-electron chi connectivity index (χ4n) is 3.86. The van der Waals surface area contributed by atoms with Crippen LogP contribution >= 0.6 is 0 Å². The van der Waals surface area contributed by atoms with Gasteiger partial charge in [0, 0.05) is 32.7 Å². The van der Waals surface area contributed by atoms with Gasteiger partial charge in [-0.1, -0.05) is 24.3 Å². The molecule has 1 aliphatic rings. The van der Waals surface area contributed by atoms with Crippen molar-refractivity contribution in [1.82, 2.24) is 15.2 Å². The first kappa shape index (κ1) is 24.0. The molecule has 0 saturated carbocycles. The van der Waals surface area contributed by atoms with Gasteiger partial charge in [0.15, 0.2) is 0 Å². The zero-order valence-electron chi connectivity index (χ0n) is 19.5. The van der Waals surface area contributed by atoms with E-state index < -0.39 is 0 Å². The van der Waals surface area contributed by atoms with Gasteiger partial charge in [0.25, 0.3) is 5.91 Å². The summed E-state index contributed by atoms with van der Waals surface area (Å²) in [7, 11) is 0. The van der Waals surface area contributed by atoms with E-state index in [4.69, 9.17) is 4.74 Å². The topological polar surface area (TPSA) is 86.8 Å². The molecule has 0 unspecified atom stereocenters. The predicted octanol–water partition coefficient (Wildman–Crippen LogP) is 3.90. The van der Waals surface area contributed by atoms with E-state index in [1.165, 1.54) is 12.1 Å². The predicted molar refractivity (Wildman–Crippen MR) is 132 cm³/mol. The number of carbonyl (C=O) groups is 2. The molecule has 2 heterocycles. The van der Waals surface area contributed by atoms with Gasteiger partial charge in [-0.05, 0) is 48.9 Å². The lowest BCUT2D eigenvalue weighted by molar-refractivity contribution is 0.102. The number of hydrogen-bond donors (Lipinski definition) is 2. The Hall–Kier alpha value is -4.14. The zero-order chi connectivity index (χ0) is 24.6. The van der Waals surface area contributed by atoms with E-state index in [-0.39, 0.29) is 24.3 Å². The number of urea groups is 1. The Labute approximate surface area is 203 Å². The minimum absolute atomic E-state index is 0.174. The van der Waals surface area contributed by atoms with Gasteiger partial charge in [-0.3, -0.25) is 4.79 Å². The van der Waals surface area contributed by atoms with Crippen molar-refractivity contribution >= 4 is 23.4 Å². The minimum Gasteiger partial charge on any atom is -0.493 e. The molecule has 1 aliphatic heterocycles. The van der Waals surface area contributed by atoms with E-state index in [1.807, 2.05) is 25.1 Å². The van der Waals surface area contributed by atoms with Crippen molar-refractivity contribution in [2.24, 2.45) is 0 Å². The van der Waals surface area contributed by atoms with E-state index in [0.717, 1.165) is 11.4 Å². The summed E-state index contributed by atoms with van der Waals surface area (Å²) >= 11 is 0. The van der Waals surface area contributed by atoms with E-state index in [2.05, 4.69) is 20.5 Å². The van der Waals surface area contributed by atoms with Gasteiger partial charge < -0.3 is 25.2 Å². The van der Waals surface area contributed by atoms with E-state index in [9.17, 15) is 14.0 Å². The number of anilines is 2. The summed E-state index contributed by atoms with van der Waals surface area (Å²) in [6.45, 7) is 4.98. The molecule has 3 amide bonds. The van der Waals surface area contributed by atoms with E-state index >= 15 is 0 Å². The highest BCUT2D eigenvalue weighted by Crippen LogP contribution is 2.21. The number of rotatable bonds is 7. The Bertz CT molecular complexity index is 1160. The lowest BCUT2D eigenvalue weighted by atomic mass is 10.2. The van der Waals surface area contributed by atoms with Gasteiger partial charge in [0.1, 0.15) is 17.4 Å². The first-order chi connectivity index (χ1) is 17.0. The summed E-state index contributed by atoms with van der Waals surface area (Å²) < 4.78 is 18.8. The molecule has 1 fully saturated rings. The summed E-state index contributed by atoms with van der Waals surface area (Å²) in [6, 6.07) is 16.8. The van der Waals surface area contributed by atoms with E-state index in [0.29, 0.717) is 49.8 Å². The molecule has 0 atom stereocenters. The molecule has 0 bridgehead atoms. The second-order valence-corrected chi connectivity index (χ2v) is 8.05. The number of ether oxygens (including phenoxy) is 1. The number of aromatic nitrogens is 1. The summed E-state index contributed by atoms with van der Waals surface area (Å²) in [6.07, 6.45) is 1.62. The first-order valence-electron chi connectivity index (χ1n) is 11.5. The maximum atomic E-state index is 13.3. The molecular formula is C26H28FN5O3. The Morgan fingerprint density at radius 3 is 2.54 bits per heavy atom. The van der Waals surface area contributed by atoms with Gasteiger partial charge in [-0.25, -0.2) is 14.2 Å². The highest BCUT2D eigenvalue weighted by Gasteiger charge is 2.22. The molecule has 4 rings (SSSR count). The quantitative estimate of drug-likeness (QED) is 0.539. The first-order valence-corrected chi connectivity index (χ1v) is 11.5. The number of halogens is 1. The average Bonchev–Trinajstić information content (AvgIpc) is 2.88. The monoisotopic (exact) mass is 477 g/mol. The van der Waals surface area contributed by atoms with Crippen molar-refractivity contribution in [2.75, 3.05) is 43.0 Å². The van der Waals surface area contributed by atoms with Crippen LogP contribution in [-0.2, 0) is 6.54 Å². The molecule has 3 aromatic rings. The molecule has 9 heteroatoms. The van der Waals surface area contributed by atoms with Crippen LogP contribution in [0.25, 0.3) is 0 Å². The fourth-order valence-corrected chi connectivity index (χ4v) is 3.86. The van der Waals surface area contributed by atoms with Gasteiger partial charge in [-0.2, -0.15) is 0 Å². The van der Waals surface area contributed by atoms with Crippen LogP contribution in [0.3, 0.4) is 0 Å². The van der Waals surface area contributed by atoms with Crippen LogP contribution in [0, 0.1) is 5.82 Å². The lowest BCUT2D eigenvalue weighted by Crippen LogP contribution is -2.51. The third kappa shape index (κ3) is 6.26. The molecule has 0 radical (unpaired) electrons. The fraction of sp³-hybridized carbons (Fsp3) is 0.269. The van der Waals surface area contributed by atoms with Gasteiger partial charge in [-0.15, -0.1) is 0 Å². The van der Waals surface area contributed by atoms with Crippen LogP contribution in [0.5, 0.6) is 5.75 Å². The number of piperazine rings is 1. The van der Waals surface area contributed by atoms with Crippen molar-refractivity contribution in [3.8, 4) is 5.75 Å². The molecule has 182 valence electrons. The molecule has 1 saturated heterocycles. The van der Waals surface area contributed by atoms with E-state index in [1.54, 1.807) is 41.4 Å². The Morgan fingerprint density at radius 1 is 1.03 bits per heavy atom. The second-order valence-electron chi connectivity index (χ2n) is 8.05. The van der Waals surface area contributed by atoms with Crippen molar-refractivity contribution in [3.05, 3.63) is 83.8 Å². The summed E-state index contributed by atoms with van der Waals surface area (Å²) in [4.78, 5) is 33.4. The lowest BCUT2D eigenvalue weighted by Gasteiger charge is -2.35. The minimum atomic E-state index is -0.321. The van der Waals surface area contributed by atoms with Crippen LogP contribution in [0.1, 0.15) is 22.8 Å². The summed E-state index contributed by atoms with van der Waals surface area (Å²) in [5.41, 5.74) is 1.76. The Kier molecular flexibility index (Phi) is 7.77. The van der Waals surface area contributed by atoms with Crippen LogP contribution < -0.4 is 20.3 Å². The van der Waals surface area contributed by atoms with Crippen molar-refractivity contribution in [3.63, 3.8) is 0 Å². The molecule has 2 N–H and O–H groups in total. The van der Waals surface area contributed by atoms with Crippen LogP contribution in [-0.4, -0.2) is 54.6 Å². The third-order valence-corrected chi connectivity index (χ3v) is 5.66. The molecule has 0 aliphatic carbocycles. The number of carbonyl (C=O) groups excluding carboxylic acids is 2. The number of hydrogen-bond acceptors (Lipinski definition) is 5. The number of para-hydroxylation sites is 1. The third-order valence-electron chi connectivity index (χ3n) is 5.66. The number of amides is 3. The van der Waals surface area contributed by atoms with Crippen molar-refractivity contribution in [1.29, 1.82) is 0 Å². The molecule has 2 aromatic carbocycles. The maximum absolute atomic E-state index is 13.3. The maximum Gasteiger partial charge on any atom is 0.317 e. The number of nitrogens with zero attached hydrogens (tertiary/aromatic N) is 3. The zero-order valence-corrected chi connectivity index (χ0v) is 19.5. The smallest absolute Gasteiger partial charge is 0.317 e. The Morgan fingerprint density at radius 2 is 1.83 bits per heavy atom. The largest absolute Gasteiger partial charge is 0.493 e. The number of nitrogens with one attached hydrogen (secondary N) is 2. The van der Waals surface area contributed by atoms with Crippen molar-refractivity contribution < 1.29 is 18.7 Å². The molecule has 0 spiro atoms. The standard InChI is InChI=1S/C26H28FN5O3/c1-2-35-23-9-4-3-8-22(23)25(33)30-21-10-11-24(28-18-21)31-12-14-32(15-13-31)26(34)29-17-19-6-5-7-20(27)16-19/h3-11,16,18H,2,12-15,17H2,1H3,(H,29,34)(H,30,33). The SMILES string of the molecule is CCOc1ccccc1C(=O)Nc1ccc(N2CCN(C(=O)NCc3cccc(F)c3)CC2)nc1. The number of pyridine rings is 1. The van der Waals surface area contributed by atoms with Gasteiger partial charge >= 0.3 is 6.03 Å². The van der Waals surface area contributed by atoms with Gasteiger partial charge in [0.05, 0.1) is 24.1 Å². The Balaban J connectivity index is 1.27. The van der Waals surface area contributed by atoms with Crippen molar-refractivity contribution in [2.45, 2.75) is 13.5 Å². The highest BCUT2D eigenvalue weighted by molar-refractivity contribution is 6.06. The summed E-state index contributed by atoms with van der Waals surface area (Å²) in [5, 5.41) is 5.69. The molecule has 35 heavy (non-hydrogen) atoms. The summed E-state index contributed by atoms with van der Waals surface area (Å²) in [5.74, 6) is 0.729. The second kappa shape index (κ2) is 11.3. The highest BCUT2D eigenvalue weighted by atomic mass is 19.1. The van der Waals surface area contributed by atoms with Crippen LogP contribution in [0.15, 0.2) is 66.9 Å².